The van der Waals surface area contributed by atoms with Crippen molar-refractivity contribution in [2.75, 3.05) is 13.2 Å². The van der Waals surface area contributed by atoms with Crippen molar-refractivity contribution >= 4 is 11.9 Å². The zero-order valence-electron chi connectivity index (χ0n) is 50.0. The fraction of sp³-hybridized carbons (Fsp3) is 0.706. The van der Waals surface area contributed by atoms with E-state index in [1.165, 1.54) is 89.9 Å². The van der Waals surface area contributed by atoms with Gasteiger partial charge in [0.25, 0.3) is 0 Å². The molecule has 0 aromatic heterocycles. The second kappa shape index (κ2) is 54.9. The molecule has 1 fully saturated rings. The highest BCUT2D eigenvalue weighted by Crippen LogP contribution is 2.26. The smallest absolute Gasteiger partial charge is 0.306 e. The van der Waals surface area contributed by atoms with Crippen LogP contribution in [-0.4, -0.2) is 99.6 Å². The number of hydrogen-bond donors (Lipinski definition) is 6. The molecule has 0 aromatic rings. The first-order valence-corrected chi connectivity index (χ1v) is 31.7. The maximum Gasteiger partial charge on any atom is 0.306 e. The van der Waals surface area contributed by atoms with Crippen LogP contribution in [-0.2, 0) is 23.8 Å². The summed E-state index contributed by atoms with van der Waals surface area (Å²) in [5, 5.41) is 57.0. The summed E-state index contributed by atoms with van der Waals surface area (Å²) >= 11 is 0. The quantitative estimate of drug-likeness (QED) is 0.0195. The van der Waals surface area contributed by atoms with Gasteiger partial charge in [-0.25, -0.2) is 0 Å². The first-order valence-electron chi connectivity index (χ1n) is 31.7. The van der Waals surface area contributed by atoms with Crippen molar-refractivity contribution in [3.05, 3.63) is 109 Å². The number of ether oxygens (including phenoxy) is 3. The van der Waals surface area contributed by atoms with Gasteiger partial charge >= 0.3 is 5.97 Å². The average molecular weight is 1110 g/mol. The molecule has 1 heterocycles. The topological polar surface area (TPSA) is 175 Å². The molecule has 1 aliphatic rings. The van der Waals surface area contributed by atoms with Crippen molar-refractivity contribution < 1.29 is 49.3 Å². The van der Waals surface area contributed by atoms with Gasteiger partial charge in [0.1, 0.15) is 24.4 Å². The van der Waals surface area contributed by atoms with Gasteiger partial charge in [0, 0.05) is 6.42 Å². The number of carbonyl (C=O) groups is 2. The van der Waals surface area contributed by atoms with Gasteiger partial charge in [0.15, 0.2) is 12.4 Å². The van der Waals surface area contributed by atoms with Crippen LogP contribution in [0.5, 0.6) is 0 Å². The summed E-state index contributed by atoms with van der Waals surface area (Å²) in [5.74, 6) is -1.25. The molecule has 452 valence electrons. The van der Waals surface area contributed by atoms with Crippen molar-refractivity contribution in [2.45, 2.75) is 294 Å². The highest BCUT2D eigenvalue weighted by Gasteiger charge is 2.47. The van der Waals surface area contributed by atoms with Gasteiger partial charge in [-0.2, -0.15) is 0 Å². The third-order valence-corrected chi connectivity index (χ3v) is 14.1. The van der Waals surface area contributed by atoms with Crippen molar-refractivity contribution in [3.63, 3.8) is 0 Å². The zero-order valence-corrected chi connectivity index (χ0v) is 50.0. The molecule has 0 bridgehead atoms. The summed E-state index contributed by atoms with van der Waals surface area (Å²) in [6.07, 6.45) is 64.0. The lowest BCUT2D eigenvalue weighted by atomic mass is 9.99. The molecule has 11 nitrogen and oxygen atoms in total. The number of amides is 1. The van der Waals surface area contributed by atoms with Crippen LogP contribution in [0.4, 0.5) is 0 Å². The highest BCUT2D eigenvalue weighted by atomic mass is 16.7. The van der Waals surface area contributed by atoms with Crippen molar-refractivity contribution in [2.24, 2.45) is 0 Å². The van der Waals surface area contributed by atoms with Crippen LogP contribution >= 0.6 is 0 Å². The molecule has 79 heavy (non-hydrogen) atoms. The molecular weight excluding hydrogens is 991 g/mol. The second-order valence-corrected chi connectivity index (χ2v) is 21.4. The molecule has 1 rings (SSSR count). The number of unbranched alkanes of at least 4 members (excludes halogenated alkanes) is 22. The largest absolute Gasteiger partial charge is 0.454 e. The number of rotatable bonds is 52. The summed E-state index contributed by atoms with van der Waals surface area (Å²) in [6, 6.07) is -1.05. The number of nitrogens with one attached hydrogen (secondary N) is 1. The summed E-state index contributed by atoms with van der Waals surface area (Å²) in [4.78, 5) is 26.5. The molecule has 6 N–H and O–H groups in total. The Balaban J connectivity index is 2.70. The van der Waals surface area contributed by atoms with E-state index in [-0.39, 0.29) is 19.4 Å². The fourth-order valence-corrected chi connectivity index (χ4v) is 9.09. The van der Waals surface area contributed by atoms with Crippen LogP contribution in [0.2, 0.25) is 0 Å². The number of esters is 1. The number of aliphatic hydroxyl groups excluding tert-OH is 5. The Morgan fingerprint density at radius 3 is 1.33 bits per heavy atom. The van der Waals surface area contributed by atoms with Gasteiger partial charge in [-0.3, -0.25) is 9.59 Å². The van der Waals surface area contributed by atoms with E-state index in [4.69, 9.17) is 14.2 Å². The van der Waals surface area contributed by atoms with Gasteiger partial charge in [-0.1, -0.05) is 233 Å². The standard InChI is InChI=1S/C68H115NO10/c1-4-7-10-13-16-19-22-24-26-28-30-32-33-35-37-40-43-46-49-52-55-61(72)67(76)69-59(60(71)54-51-48-45-42-39-21-18-15-12-9-6-3)58-77-68-66(65(75)64(74)62(57-70)78-68)79-63(73)56-53-50-47-44-41-38-36-34-31-29-27-25-23-20-17-14-11-8-5-2/h16-17,19-20,24-27,30-32,34-35,37-38,41,51,54,59-62,64-66,68,70-72,74-75H,4-15,18,21-23,28-29,33,36,39-40,42-50,52-53,55-58H2,1-3H3,(H,69,76)/b19-16-,20-17-,26-24-,27-25-,32-30-,34-31-,37-35-,41-38-,54-51+. The first-order chi connectivity index (χ1) is 38.7. The Morgan fingerprint density at radius 2 is 0.873 bits per heavy atom. The number of carbonyl (C=O) groups excluding carboxylic acids is 2. The minimum Gasteiger partial charge on any atom is -0.454 e. The molecule has 0 spiro atoms. The summed E-state index contributed by atoms with van der Waals surface area (Å²) < 4.78 is 17.6. The zero-order chi connectivity index (χ0) is 57.5. The fourth-order valence-electron chi connectivity index (χ4n) is 9.09. The normalized spacial score (nSPS) is 19.6. The van der Waals surface area contributed by atoms with E-state index in [0.717, 1.165) is 109 Å². The molecule has 1 amide bonds. The Bertz CT molecular complexity index is 1700. The molecule has 8 unspecified atom stereocenters. The van der Waals surface area contributed by atoms with Crippen LogP contribution in [0.15, 0.2) is 109 Å². The van der Waals surface area contributed by atoms with Gasteiger partial charge in [-0.15, -0.1) is 0 Å². The lowest BCUT2D eigenvalue weighted by Gasteiger charge is -2.41. The summed E-state index contributed by atoms with van der Waals surface area (Å²) in [7, 11) is 0. The Labute approximate surface area is 481 Å². The molecule has 1 saturated heterocycles. The van der Waals surface area contributed by atoms with E-state index < -0.39 is 67.4 Å². The number of hydrogen-bond acceptors (Lipinski definition) is 10. The van der Waals surface area contributed by atoms with Crippen LogP contribution in [0.3, 0.4) is 0 Å². The molecule has 0 aromatic carbocycles. The third-order valence-electron chi connectivity index (χ3n) is 14.1. The second-order valence-electron chi connectivity index (χ2n) is 21.4. The van der Waals surface area contributed by atoms with E-state index >= 15 is 0 Å². The average Bonchev–Trinajstić information content (AvgIpc) is 3.45. The minimum absolute atomic E-state index is 0.0779. The van der Waals surface area contributed by atoms with Gasteiger partial charge in [0.05, 0.1) is 25.4 Å². The summed E-state index contributed by atoms with van der Waals surface area (Å²) in [5.41, 5.74) is 0. The van der Waals surface area contributed by atoms with Crippen LogP contribution < -0.4 is 5.32 Å². The molecular formula is C68H115NO10. The van der Waals surface area contributed by atoms with Gasteiger partial charge in [-0.05, 0) is 116 Å². The van der Waals surface area contributed by atoms with E-state index in [2.05, 4.69) is 123 Å². The molecule has 0 saturated carbocycles. The summed E-state index contributed by atoms with van der Waals surface area (Å²) in [6.45, 7) is 5.69. The minimum atomic E-state index is -1.64. The predicted octanol–water partition coefficient (Wildman–Crippen LogP) is 15.3. The Hall–Kier alpha value is -3.68. The lowest BCUT2D eigenvalue weighted by Crippen LogP contribution is -2.61. The van der Waals surface area contributed by atoms with Crippen LogP contribution in [0, 0.1) is 0 Å². The van der Waals surface area contributed by atoms with Crippen molar-refractivity contribution in [1.82, 2.24) is 5.32 Å². The number of allylic oxidation sites excluding steroid dienone is 17. The van der Waals surface area contributed by atoms with E-state index in [1.807, 2.05) is 6.08 Å². The molecule has 11 heteroatoms. The molecule has 8 atom stereocenters. The molecule has 1 aliphatic heterocycles. The molecule has 0 aliphatic carbocycles. The van der Waals surface area contributed by atoms with E-state index in [1.54, 1.807) is 6.08 Å². The third kappa shape index (κ3) is 42.8. The maximum absolute atomic E-state index is 13.4. The molecule has 0 radical (unpaired) electrons. The van der Waals surface area contributed by atoms with Crippen LogP contribution in [0.25, 0.3) is 0 Å². The van der Waals surface area contributed by atoms with Crippen molar-refractivity contribution in [1.29, 1.82) is 0 Å². The van der Waals surface area contributed by atoms with Crippen LogP contribution in [0.1, 0.15) is 245 Å². The van der Waals surface area contributed by atoms with E-state index in [9.17, 15) is 35.1 Å². The maximum atomic E-state index is 13.4. The first kappa shape index (κ1) is 73.3. The number of aliphatic hydroxyl groups is 5. The highest BCUT2D eigenvalue weighted by molar-refractivity contribution is 5.80. The van der Waals surface area contributed by atoms with E-state index in [0.29, 0.717) is 12.8 Å². The van der Waals surface area contributed by atoms with Crippen molar-refractivity contribution in [3.8, 4) is 0 Å². The lowest BCUT2D eigenvalue weighted by molar-refractivity contribution is -0.305. The van der Waals surface area contributed by atoms with Gasteiger partial charge < -0.3 is 45.1 Å². The predicted molar refractivity (Wildman–Crippen MR) is 328 cm³/mol. The Kier molecular flexibility index (Phi) is 50.9. The monoisotopic (exact) mass is 1110 g/mol. The SMILES string of the molecule is CCCCC/C=C\C/C=C\C/C=C\C/C=C\CCCCCCC(O)C(=O)NC(COC1OC(CO)C(O)C(O)C1OC(=O)CCCCC/C=C\C/C=C\C/C=C\C/C=C\CCCCC)C(O)/C=C/CCCCCCCCCCC. The Morgan fingerprint density at radius 1 is 0.494 bits per heavy atom. The van der Waals surface area contributed by atoms with Gasteiger partial charge in [0.2, 0.25) is 5.91 Å².